The summed E-state index contributed by atoms with van der Waals surface area (Å²) in [5.74, 6) is -1.18. The lowest BCUT2D eigenvalue weighted by Gasteiger charge is -2.15. The fraction of sp³-hybridized carbons (Fsp3) is 0.125. The number of benzene rings is 4. The number of aromatic amines is 1. The number of alkyl halides is 3. The number of carboxylic acids is 1. The van der Waals surface area contributed by atoms with E-state index in [1.165, 1.54) is 0 Å². The number of nitrogens with one attached hydrogen (secondary N) is 1. The monoisotopic (exact) mass is 689 g/mol. The predicted octanol–water partition coefficient (Wildman–Crippen LogP) is 8.96. The van der Waals surface area contributed by atoms with Crippen molar-refractivity contribution in [3.05, 3.63) is 112 Å². The highest BCUT2D eigenvalue weighted by Crippen LogP contribution is 2.39. The number of aromatic nitrogens is 2. The number of ether oxygens (including phenoxy) is 1. The van der Waals surface area contributed by atoms with Gasteiger partial charge in [0.15, 0.2) is 0 Å². The first-order chi connectivity index (χ1) is 21.7. The third kappa shape index (κ3) is 6.55. The second-order valence-corrected chi connectivity index (χ2v) is 12.9. The second kappa shape index (κ2) is 12.7. The number of anilines is 1. The van der Waals surface area contributed by atoms with E-state index >= 15 is 0 Å². The third-order valence-corrected chi connectivity index (χ3v) is 9.32. The number of H-pyrrole nitrogens is 1. The maximum Gasteiger partial charge on any atom is 0.502 e. The maximum atomic E-state index is 13.1. The van der Waals surface area contributed by atoms with Crippen molar-refractivity contribution < 1.29 is 36.2 Å². The van der Waals surface area contributed by atoms with E-state index in [9.17, 15) is 31.5 Å². The molecule has 0 saturated carbocycles. The molecule has 0 spiro atoms. The molecule has 0 bridgehead atoms. The molecule has 0 saturated heterocycles. The van der Waals surface area contributed by atoms with Gasteiger partial charge >= 0.3 is 11.5 Å². The summed E-state index contributed by atoms with van der Waals surface area (Å²) < 4.78 is 68.9. The summed E-state index contributed by atoms with van der Waals surface area (Å²) in [4.78, 5) is 18.1. The van der Waals surface area contributed by atoms with Gasteiger partial charge < -0.3 is 20.6 Å². The zero-order valence-corrected chi connectivity index (χ0v) is 26.1. The van der Waals surface area contributed by atoms with Crippen LogP contribution in [0.1, 0.15) is 41.0 Å². The molecule has 0 aliphatic carbocycles. The van der Waals surface area contributed by atoms with Crippen LogP contribution in [0.4, 0.5) is 18.9 Å². The Morgan fingerprint density at radius 2 is 1.61 bits per heavy atom. The van der Waals surface area contributed by atoms with Crippen LogP contribution in [0, 0.1) is 0 Å². The summed E-state index contributed by atoms with van der Waals surface area (Å²) in [6, 6.07) is 21.3. The Bertz CT molecular complexity index is 2030. The minimum Gasteiger partial charge on any atom is -0.478 e. The van der Waals surface area contributed by atoms with E-state index in [0.717, 1.165) is 40.6 Å². The number of nitrogens with two attached hydrogens (primary N) is 1. The Labute approximate surface area is 271 Å². The molecule has 14 heteroatoms. The molecule has 1 heterocycles. The van der Waals surface area contributed by atoms with E-state index in [1.54, 1.807) is 42.6 Å². The Hall–Kier alpha value is -4.52. The lowest BCUT2D eigenvalue weighted by Crippen LogP contribution is -2.26. The number of carbonyl (C=O) groups is 1. The van der Waals surface area contributed by atoms with Crippen LogP contribution >= 0.6 is 23.2 Å². The van der Waals surface area contributed by atoms with Gasteiger partial charge in [0.25, 0.3) is 9.84 Å². The number of nitrogen functional groups attached to an aromatic ring is 1. The van der Waals surface area contributed by atoms with Crippen molar-refractivity contribution in [2.45, 2.75) is 29.7 Å². The summed E-state index contributed by atoms with van der Waals surface area (Å²) in [5, 5.41) is 10.5. The van der Waals surface area contributed by atoms with Gasteiger partial charge in [-0.3, -0.25) is 0 Å². The molecule has 4 aromatic carbocycles. The zero-order valence-electron chi connectivity index (χ0n) is 23.8. The van der Waals surface area contributed by atoms with E-state index in [2.05, 4.69) is 11.9 Å². The van der Waals surface area contributed by atoms with Gasteiger partial charge in [-0.25, -0.2) is 18.2 Å². The molecule has 8 nitrogen and oxygen atoms in total. The van der Waals surface area contributed by atoms with Gasteiger partial charge in [0.1, 0.15) is 22.2 Å². The van der Waals surface area contributed by atoms with Crippen LogP contribution < -0.4 is 10.5 Å². The smallest absolute Gasteiger partial charge is 0.478 e. The van der Waals surface area contributed by atoms with E-state index in [-0.39, 0.29) is 17.4 Å². The molecule has 0 amide bonds. The maximum absolute atomic E-state index is 13.1. The highest BCUT2D eigenvalue weighted by molar-refractivity contribution is 7.92. The van der Waals surface area contributed by atoms with Crippen molar-refractivity contribution in [3.63, 3.8) is 0 Å². The normalized spacial score (nSPS) is 12.6. The number of hydrogen-bond donors (Lipinski definition) is 3. The summed E-state index contributed by atoms with van der Waals surface area (Å²) in [7, 11) is -6.02. The van der Waals surface area contributed by atoms with Gasteiger partial charge in [-0.05, 0) is 59.5 Å². The average Bonchev–Trinajstić information content (AvgIpc) is 3.46. The van der Waals surface area contributed by atoms with Gasteiger partial charge in [0, 0.05) is 28.8 Å². The first-order valence-electron chi connectivity index (χ1n) is 13.6. The van der Waals surface area contributed by atoms with E-state index in [1.807, 2.05) is 30.3 Å². The minimum absolute atomic E-state index is 0.00899. The number of nitrogens with zero attached hydrogens (tertiary/aromatic N) is 1. The molecule has 5 aromatic rings. The Kier molecular flexibility index (Phi) is 9.07. The van der Waals surface area contributed by atoms with Crippen LogP contribution in [0.15, 0.2) is 90.0 Å². The number of aromatic carboxylic acids is 1. The fourth-order valence-corrected chi connectivity index (χ4v) is 6.50. The zero-order chi connectivity index (χ0) is 33.4. The number of hydrogen-bond acceptors (Lipinski definition) is 6. The number of imidazole rings is 1. The molecule has 5 rings (SSSR count). The van der Waals surface area contributed by atoms with Crippen LogP contribution in [-0.2, 0) is 9.84 Å². The molecule has 46 heavy (non-hydrogen) atoms. The molecule has 1 atom stereocenters. The van der Waals surface area contributed by atoms with E-state index in [0.29, 0.717) is 21.8 Å². The van der Waals surface area contributed by atoms with E-state index < -0.39 is 37.5 Å². The highest BCUT2D eigenvalue weighted by atomic mass is 35.5. The number of rotatable bonds is 9. The molecule has 238 valence electrons. The summed E-state index contributed by atoms with van der Waals surface area (Å²) in [6.45, 7) is 2.06. The summed E-state index contributed by atoms with van der Waals surface area (Å²) in [6.07, 6.45) is 2.59. The molecule has 0 fully saturated rings. The Balaban J connectivity index is 1.34. The molecule has 0 aliphatic heterocycles. The quantitative estimate of drug-likeness (QED) is 0.131. The van der Waals surface area contributed by atoms with Crippen LogP contribution in [0.3, 0.4) is 0 Å². The number of halogens is 5. The van der Waals surface area contributed by atoms with Crippen molar-refractivity contribution in [3.8, 4) is 33.9 Å². The largest absolute Gasteiger partial charge is 0.502 e. The molecule has 0 radical (unpaired) electrons. The SMILES string of the molecule is CCC(c1ccc(-c2ccc(Oc3cc(N)c(S(=O)(=O)C(F)(F)F)c(C(=O)O)c3)cc2)cc1)c1nc(-c2ccc(Cl)cc2Cl)c[nH]1. The van der Waals surface area contributed by atoms with E-state index in [4.69, 9.17) is 38.7 Å². The first kappa shape index (κ1) is 32.9. The minimum atomic E-state index is -6.02. The lowest BCUT2D eigenvalue weighted by atomic mass is 9.93. The lowest BCUT2D eigenvalue weighted by molar-refractivity contribution is -0.0435. The molecule has 1 unspecified atom stereocenters. The van der Waals surface area contributed by atoms with Gasteiger partial charge in [-0.2, -0.15) is 13.2 Å². The average molecular weight is 691 g/mol. The van der Waals surface area contributed by atoms with Gasteiger partial charge in [-0.15, -0.1) is 0 Å². The van der Waals surface area contributed by atoms with Crippen molar-refractivity contribution in [2.24, 2.45) is 0 Å². The van der Waals surface area contributed by atoms with Crippen molar-refractivity contribution in [1.82, 2.24) is 9.97 Å². The van der Waals surface area contributed by atoms with Gasteiger partial charge in [0.2, 0.25) is 0 Å². The Morgan fingerprint density at radius 1 is 0.978 bits per heavy atom. The van der Waals surface area contributed by atoms with Crippen molar-refractivity contribution in [2.75, 3.05) is 5.73 Å². The Morgan fingerprint density at radius 3 is 2.17 bits per heavy atom. The molecule has 0 aliphatic rings. The standard InChI is InChI=1S/C32H24Cl2F3N3O5S/c1-2-23(30-39-16-28(40-30)24-12-9-20(33)13-26(24)34)19-5-3-17(4-6-19)18-7-10-21(11-8-18)45-22-14-25(31(41)42)29(27(38)15-22)46(43,44)32(35,36)37/h3-16,23H,2,38H2,1H3,(H,39,40)(H,41,42). The third-order valence-electron chi connectivity index (χ3n) is 7.17. The van der Waals surface area contributed by atoms with Crippen LogP contribution in [0.25, 0.3) is 22.4 Å². The molecular weight excluding hydrogens is 666 g/mol. The van der Waals surface area contributed by atoms with Gasteiger partial charge in [-0.1, -0.05) is 66.5 Å². The molecular formula is C32H24Cl2F3N3O5S. The van der Waals surface area contributed by atoms with Crippen molar-refractivity contribution in [1.29, 1.82) is 0 Å². The first-order valence-corrected chi connectivity index (χ1v) is 15.8. The summed E-state index contributed by atoms with van der Waals surface area (Å²) >= 11 is 12.4. The topological polar surface area (TPSA) is 135 Å². The predicted molar refractivity (Wildman–Crippen MR) is 169 cm³/mol. The van der Waals surface area contributed by atoms with Crippen LogP contribution in [-0.4, -0.2) is 35.0 Å². The second-order valence-electron chi connectivity index (χ2n) is 10.1. The summed E-state index contributed by atoms with van der Waals surface area (Å²) in [5.41, 5.74) is 1.99. The van der Waals surface area contributed by atoms with Crippen LogP contribution in [0.5, 0.6) is 11.5 Å². The molecule has 4 N–H and O–H groups in total. The molecule has 1 aromatic heterocycles. The highest BCUT2D eigenvalue weighted by Gasteiger charge is 2.49. The number of sulfone groups is 1. The fourth-order valence-electron chi connectivity index (χ4n) is 4.95. The van der Waals surface area contributed by atoms with Crippen molar-refractivity contribution >= 4 is 44.7 Å². The van der Waals surface area contributed by atoms with Crippen LogP contribution in [0.2, 0.25) is 10.0 Å². The van der Waals surface area contributed by atoms with Gasteiger partial charge in [0.05, 0.1) is 22.0 Å². The number of carboxylic acid groups (broad SMARTS) is 1.